The van der Waals surface area contributed by atoms with Crippen LogP contribution in [0.3, 0.4) is 0 Å². The van der Waals surface area contributed by atoms with Crippen molar-refractivity contribution in [2.24, 2.45) is 11.8 Å². The van der Waals surface area contributed by atoms with Crippen LogP contribution in [0.5, 0.6) is 5.75 Å². The second-order valence-corrected chi connectivity index (χ2v) is 6.24. The number of hydrogen-bond acceptors (Lipinski definition) is 3. The molecule has 1 aromatic carbocycles. The van der Waals surface area contributed by atoms with Crippen LogP contribution >= 0.6 is 0 Å². The van der Waals surface area contributed by atoms with Gasteiger partial charge >= 0.3 is 0 Å². The fourth-order valence-corrected chi connectivity index (χ4v) is 3.41. The van der Waals surface area contributed by atoms with Gasteiger partial charge in [-0.1, -0.05) is 13.8 Å². The minimum absolute atomic E-state index is 0.237. The Balaban J connectivity index is 2.07. The van der Waals surface area contributed by atoms with Crippen molar-refractivity contribution in [3.05, 3.63) is 17.9 Å². The number of anilines is 1. The van der Waals surface area contributed by atoms with Crippen LogP contribution in [0.4, 0.5) is 10.3 Å². The highest BCUT2D eigenvalue weighted by atomic mass is 19.1. The van der Waals surface area contributed by atoms with E-state index in [9.17, 15) is 4.39 Å². The van der Waals surface area contributed by atoms with E-state index in [2.05, 4.69) is 23.4 Å². The lowest BCUT2D eigenvalue weighted by atomic mass is 9.79. The summed E-state index contributed by atoms with van der Waals surface area (Å²) in [5.41, 5.74) is 7.55. The van der Waals surface area contributed by atoms with Gasteiger partial charge in [0.15, 0.2) is 11.6 Å². The van der Waals surface area contributed by atoms with E-state index in [1.807, 2.05) is 0 Å². The summed E-state index contributed by atoms with van der Waals surface area (Å²) in [7, 11) is 1.47. The van der Waals surface area contributed by atoms with Gasteiger partial charge in [0, 0.05) is 18.2 Å². The Morgan fingerprint density at radius 1 is 1.29 bits per heavy atom. The molecule has 1 aliphatic rings. The Morgan fingerprint density at radius 3 is 2.71 bits per heavy atom. The summed E-state index contributed by atoms with van der Waals surface area (Å²) in [5.74, 6) is 1.69. The molecule has 1 aromatic heterocycles. The van der Waals surface area contributed by atoms with Gasteiger partial charge in [0.25, 0.3) is 0 Å². The van der Waals surface area contributed by atoms with Crippen molar-refractivity contribution in [3.8, 4) is 5.75 Å². The largest absolute Gasteiger partial charge is 0.494 e. The Kier molecular flexibility index (Phi) is 3.51. The van der Waals surface area contributed by atoms with Crippen molar-refractivity contribution in [2.45, 2.75) is 39.2 Å². The van der Waals surface area contributed by atoms with Crippen LogP contribution in [0.15, 0.2) is 12.1 Å². The van der Waals surface area contributed by atoms with E-state index < -0.39 is 5.82 Å². The third-order valence-electron chi connectivity index (χ3n) is 4.93. The molecule has 3 unspecified atom stereocenters. The van der Waals surface area contributed by atoms with Crippen LogP contribution < -0.4 is 10.5 Å². The summed E-state index contributed by atoms with van der Waals surface area (Å²) in [6, 6.07) is 3.43. The fourth-order valence-electron chi connectivity index (χ4n) is 3.41. The first-order chi connectivity index (χ1) is 10.0. The number of nitrogens with two attached hydrogens (primary N) is 1. The van der Waals surface area contributed by atoms with Gasteiger partial charge in [-0.15, -0.1) is 0 Å². The molecule has 0 saturated heterocycles. The highest BCUT2D eigenvalue weighted by molar-refractivity contribution is 5.80. The zero-order valence-electron chi connectivity index (χ0n) is 12.8. The van der Waals surface area contributed by atoms with Crippen molar-refractivity contribution < 1.29 is 9.13 Å². The van der Waals surface area contributed by atoms with Gasteiger partial charge in [-0.3, -0.25) is 0 Å². The zero-order chi connectivity index (χ0) is 15.1. The average Bonchev–Trinajstić information content (AvgIpc) is 2.76. The van der Waals surface area contributed by atoms with Crippen molar-refractivity contribution in [3.63, 3.8) is 0 Å². The van der Waals surface area contributed by atoms with Gasteiger partial charge in [-0.25, -0.2) is 9.37 Å². The summed E-state index contributed by atoms with van der Waals surface area (Å²) in [6.07, 6.45) is 3.35. The monoisotopic (exact) mass is 291 g/mol. The maximum atomic E-state index is 13.8. The molecule has 3 atom stereocenters. The van der Waals surface area contributed by atoms with Gasteiger partial charge in [0.2, 0.25) is 5.95 Å². The first-order valence-corrected chi connectivity index (χ1v) is 7.52. The fraction of sp³-hybridized carbons (Fsp3) is 0.562. The molecule has 0 radical (unpaired) electrons. The van der Waals surface area contributed by atoms with Crippen LogP contribution in [-0.2, 0) is 0 Å². The lowest BCUT2D eigenvalue weighted by Gasteiger charge is -2.33. The van der Waals surface area contributed by atoms with Crippen molar-refractivity contribution in [1.82, 2.24) is 9.55 Å². The molecule has 2 aromatic rings. The predicted molar refractivity (Wildman–Crippen MR) is 81.9 cm³/mol. The standard InChI is InChI=1S/C16H22FN3O/c1-9-4-5-11(6-10(9)2)20-14-8-15(21-3)12(17)7-13(14)19-16(20)18/h7-11H,4-6H2,1-3H3,(H2,18,19). The van der Waals surface area contributed by atoms with Gasteiger partial charge < -0.3 is 15.0 Å². The number of nitrogen functional groups attached to an aromatic ring is 1. The van der Waals surface area contributed by atoms with E-state index in [0.717, 1.165) is 24.3 Å². The summed E-state index contributed by atoms with van der Waals surface area (Å²) in [4.78, 5) is 4.31. The van der Waals surface area contributed by atoms with Crippen LogP contribution in [-0.4, -0.2) is 16.7 Å². The molecule has 0 spiro atoms. The summed E-state index contributed by atoms with van der Waals surface area (Å²) in [5, 5.41) is 0. The van der Waals surface area contributed by atoms with Crippen LogP contribution in [0, 0.1) is 17.7 Å². The molecule has 21 heavy (non-hydrogen) atoms. The molecule has 2 N–H and O–H groups in total. The van der Waals surface area contributed by atoms with Gasteiger partial charge in [-0.2, -0.15) is 0 Å². The number of benzene rings is 1. The summed E-state index contributed by atoms with van der Waals surface area (Å²) >= 11 is 0. The number of aromatic nitrogens is 2. The molecule has 1 saturated carbocycles. The van der Waals surface area contributed by atoms with Crippen LogP contribution in [0.25, 0.3) is 11.0 Å². The molecule has 0 aliphatic heterocycles. The molecule has 3 rings (SSSR count). The molecular weight excluding hydrogens is 269 g/mol. The molecule has 1 aliphatic carbocycles. The Hall–Kier alpha value is -1.78. The second-order valence-electron chi connectivity index (χ2n) is 6.24. The minimum atomic E-state index is -0.403. The number of fused-ring (bicyclic) bond motifs is 1. The van der Waals surface area contributed by atoms with E-state index in [1.54, 1.807) is 6.07 Å². The number of ether oxygens (including phenoxy) is 1. The number of hydrogen-bond donors (Lipinski definition) is 1. The van der Waals surface area contributed by atoms with Crippen LogP contribution in [0.1, 0.15) is 39.2 Å². The number of methoxy groups -OCH3 is 1. The van der Waals surface area contributed by atoms with Gasteiger partial charge in [0.1, 0.15) is 0 Å². The predicted octanol–water partition coefficient (Wildman–Crippen LogP) is 3.76. The summed E-state index contributed by atoms with van der Waals surface area (Å²) < 4.78 is 20.9. The molecule has 1 fully saturated rings. The minimum Gasteiger partial charge on any atom is -0.494 e. The zero-order valence-corrected chi connectivity index (χ0v) is 12.8. The van der Waals surface area contributed by atoms with E-state index >= 15 is 0 Å². The third-order valence-corrected chi connectivity index (χ3v) is 4.93. The number of nitrogens with zero attached hydrogens (tertiary/aromatic N) is 2. The molecule has 1 heterocycles. The highest BCUT2D eigenvalue weighted by Crippen LogP contribution is 2.39. The molecule has 4 nitrogen and oxygen atoms in total. The molecular formula is C16H22FN3O. The molecule has 5 heteroatoms. The van der Waals surface area contributed by atoms with Crippen molar-refractivity contribution in [1.29, 1.82) is 0 Å². The van der Waals surface area contributed by atoms with Crippen molar-refractivity contribution in [2.75, 3.05) is 12.8 Å². The molecule has 0 amide bonds. The van der Waals surface area contributed by atoms with Gasteiger partial charge in [0.05, 0.1) is 18.1 Å². The third kappa shape index (κ3) is 2.34. The average molecular weight is 291 g/mol. The Bertz CT molecular complexity index is 667. The number of halogens is 1. The van der Waals surface area contributed by atoms with E-state index in [0.29, 0.717) is 23.4 Å². The topological polar surface area (TPSA) is 53.1 Å². The van der Waals surface area contributed by atoms with E-state index in [-0.39, 0.29) is 5.75 Å². The Labute approximate surface area is 124 Å². The Morgan fingerprint density at radius 2 is 2.05 bits per heavy atom. The first-order valence-electron chi connectivity index (χ1n) is 7.52. The quantitative estimate of drug-likeness (QED) is 0.916. The lowest BCUT2D eigenvalue weighted by Crippen LogP contribution is -2.24. The number of rotatable bonds is 2. The van der Waals surface area contributed by atoms with E-state index in [1.165, 1.54) is 19.6 Å². The second kappa shape index (κ2) is 5.20. The highest BCUT2D eigenvalue weighted by Gasteiger charge is 2.28. The normalized spacial score (nSPS) is 26.2. The molecule has 0 bridgehead atoms. The smallest absolute Gasteiger partial charge is 0.201 e. The summed E-state index contributed by atoms with van der Waals surface area (Å²) in [6.45, 7) is 4.58. The maximum absolute atomic E-state index is 13.8. The SMILES string of the molecule is COc1cc2c(cc1F)nc(N)n2C1CCC(C)C(C)C1. The van der Waals surface area contributed by atoms with E-state index in [4.69, 9.17) is 10.5 Å². The maximum Gasteiger partial charge on any atom is 0.201 e. The number of imidazole rings is 1. The van der Waals surface area contributed by atoms with Crippen molar-refractivity contribution >= 4 is 17.0 Å². The van der Waals surface area contributed by atoms with Gasteiger partial charge in [-0.05, 0) is 31.1 Å². The lowest BCUT2D eigenvalue weighted by molar-refractivity contribution is 0.215. The van der Waals surface area contributed by atoms with Crippen LogP contribution in [0.2, 0.25) is 0 Å². The first kappa shape index (κ1) is 14.2. The molecule has 114 valence electrons.